The highest BCUT2D eigenvalue weighted by atomic mass is 32.2. The molecule has 21 heavy (non-hydrogen) atoms. The Balaban J connectivity index is 2.37. The average Bonchev–Trinajstić information content (AvgIpc) is 2.49. The Morgan fingerprint density at radius 2 is 2.05 bits per heavy atom. The predicted octanol–water partition coefficient (Wildman–Crippen LogP) is 1.69. The summed E-state index contributed by atoms with van der Waals surface area (Å²) in [6, 6.07) is 7.14. The van der Waals surface area contributed by atoms with Crippen LogP contribution in [0.4, 0.5) is 0 Å². The van der Waals surface area contributed by atoms with Crippen molar-refractivity contribution in [3.8, 4) is 11.5 Å². The van der Waals surface area contributed by atoms with Gasteiger partial charge in [-0.05, 0) is 37.5 Å². The fourth-order valence-electron chi connectivity index (χ4n) is 1.63. The van der Waals surface area contributed by atoms with Crippen LogP contribution in [-0.2, 0) is 4.79 Å². The van der Waals surface area contributed by atoms with Gasteiger partial charge in [0.1, 0.15) is 0 Å². The molecule has 0 radical (unpaired) electrons. The highest BCUT2D eigenvalue weighted by Gasteiger charge is 2.20. The summed E-state index contributed by atoms with van der Waals surface area (Å²) in [7, 11) is 1.55. The number of para-hydroxylation sites is 2. The number of amides is 1. The molecule has 1 rings (SSSR count). The zero-order chi connectivity index (χ0) is 15.7. The fourth-order valence-corrected chi connectivity index (χ4v) is 2.28. The maximum Gasteiger partial charge on any atom is 0.258 e. The highest BCUT2D eigenvalue weighted by Crippen LogP contribution is 2.25. The molecule has 5 nitrogen and oxygen atoms in total. The monoisotopic (exact) mass is 313 g/mol. The number of nitrogens with one attached hydrogen (secondary N) is 1. The van der Waals surface area contributed by atoms with Crippen LogP contribution in [0, 0.1) is 0 Å². The molecule has 0 fully saturated rings. The van der Waals surface area contributed by atoms with E-state index in [2.05, 4.69) is 5.32 Å². The summed E-state index contributed by atoms with van der Waals surface area (Å²) in [5.74, 6) is 1.67. The molecule has 0 saturated carbocycles. The van der Waals surface area contributed by atoms with E-state index in [-0.39, 0.29) is 19.1 Å². The SMILES string of the molecule is COc1ccccc1OCC(=O)NC[C@@](C)(O)CCSC. The predicted molar refractivity (Wildman–Crippen MR) is 85.1 cm³/mol. The summed E-state index contributed by atoms with van der Waals surface area (Å²) in [5.41, 5.74) is -0.900. The number of ether oxygens (including phenoxy) is 2. The van der Waals surface area contributed by atoms with Gasteiger partial charge < -0.3 is 19.9 Å². The third kappa shape index (κ3) is 6.73. The van der Waals surface area contributed by atoms with E-state index in [0.29, 0.717) is 17.9 Å². The molecular formula is C15H23NO4S. The molecule has 1 amide bonds. The zero-order valence-electron chi connectivity index (χ0n) is 12.7. The standard InChI is InChI=1S/C15H23NO4S/c1-15(18,8-9-21-3)11-16-14(17)10-20-13-7-5-4-6-12(13)19-2/h4-7,18H,8-11H2,1-3H3,(H,16,17)/t15-/m0/s1. The van der Waals surface area contributed by atoms with Crippen molar-refractivity contribution in [2.24, 2.45) is 0 Å². The van der Waals surface area contributed by atoms with E-state index in [1.807, 2.05) is 18.4 Å². The van der Waals surface area contributed by atoms with Crippen LogP contribution in [0.3, 0.4) is 0 Å². The molecule has 0 bridgehead atoms. The summed E-state index contributed by atoms with van der Waals surface area (Å²) in [6.45, 7) is 1.81. The maximum absolute atomic E-state index is 11.7. The number of thioether (sulfide) groups is 1. The van der Waals surface area contributed by atoms with Crippen molar-refractivity contribution in [3.05, 3.63) is 24.3 Å². The largest absolute Gasteiger partial charge is 0.493 e. The molecule has 6 heteroatoms. The van der Waals surface area contributed by atoms with Crippen LogP contribution in [0.25, 0.3) is 0 Å². The van der Waals surface area contributed by atoms with Crippen molar-refractivity contribution in [1.29, 1.82) is 0 Å². The van der Waals surface area contributed by atoms with Crippen molar-refractivity contribution in [3.63, 3.8) is 0 Å². The second-order valence-electron chi connectivity index (χ2n) is 4.96. The topological polar surface area (TPSA) is 67.8 Å². The first-order chi connectivity index (χ1) is 9.98. The van der Waals surface area contributed by atoms with Gasteiger partial charge in [0.2, 0.25) is 0 Å². The Bertz CT molecular complexity index is 451. The van der Waals surface area contributed by atoms with Crippen LogP contribution in [-0.4, -0.2) is 48.9 Å². The summed E-state index contributed by atoms with van der Waals surface area (Å²) in [4.78, 5) is 11.7. The lowest BCUT2D eigenvalue weighted by Crippen LogP contribution is -2.42. The zero-order valence-corrected chi connectivity index (χ0v) is 13.5. The van der Waals surface area contributed by atoms with Crippen LogP contribution in [0.15, 0.2) is 24.3 Å². The van der Waals surface area contributed by atoms with Gasteiger partial charge in [0.25, 0.3) is 5.91 Å². The minimum Gasteiger partial charge on any atom is -0.493 e. The third-order valence-corrected chi connectivity index (χ3v) is 3.55. The lowest BCUT2D eigenvalue weighted by molar-refractivity contribution is -0.124. The molecule has 118 valence electrons. The molecule has 0 aliphatic carbocycles. The van der Waals surface area contributed by atoms with Crippen molar-refractivity contribution < 1.29 is 19.4 Å². The number of aliphatic hydroxyl groups is 1. The Labute approximate surface area is 130 Å². The number of carbonyl (C=O) groups excluding carboxylic acids is 1. The molecule has 0 aromatic heterocycles. The Hall–Kier alpha value is -1.40. The average molecular weight is 313 g/mol. The molecular weight excluding hydrogens is 290 g/mol. The van der Waals surface area contributed by atoms with Gasteiger partial charge in [-0.25, -0.2) is 0 Å². The minimum absolute atomic E-state index is 0.112. The number of carbonyl (C=O) groups is 1. The first-order valence-electron chi connectivity index (χ1n) is 6.72. The summed E-state index contributed by atoms with van der Waals surface area (Å²) in [5, 5.41) is 12.7. The van der Waals surface area contributed by atoms with E-state index in [1.165, 1.54) is 0 Å². The smallest absolute Gasteiger partial charge is 0.258 e. The van der Waals surface area contributed by atoms with E-state index in [1.54, 1.807) is 37.9 Å². The van der Waals surface area contributed by atoms with Crippen LogP contribution >= 0.6 is 11.8 Å². The Morgan fingerprint density at radius 3 is 2.67 bits per heavy atom. The molecule has 0 unspecified atom stereocenters. The van der Waals surface area contributed by atoms with Crippen molar-refractivity contribution >= 4 is 17.7 Å². The van der Waals surface area contributed by atoms with Gasteiger partial charge >= 0.3 is 0 Å². The number of methoxy groups -OCH3 is 1. The normalized spacial score (nSPS) is 13.3. The van der Waals surface area contributed by atoms with Gasteiger partial charge in [-0.1, -0.05) is 12.1 Å². The van der Waals surface area contributed by atoms with Crippen molar-refractivity contribution in [2.75, 3.05) is 32.3 Å². The molecule has 0 aliphatic heterocycles. The number of hydrogen-bond donors (Lipinski definition) is 2. The van der Waals surface area contributed by atoms with Crippen LogP contribution in [0.2, 0.25) is 0 Å². The van der Waals surface area contributed by atoms with Gasteiger partial charge in [-0.3, -0.25) is 4.79 Å². The third-order valence-electron chi connectivity index (χ3n) is 2.94. The van der Waals surface area contributed by atoms with Gasteiger partial charge in [0.05, 0.1) is 12.7 Å². The second kappa shape index (κ2) is 8.79. The lowest BCUT2D eigenvalue weighted by Gasteiger charge is -2.23. The first-order valence-corrected chi connectivity index (χ1v) is 8.12. The van der Waals surface area contributed by atoms with E-state index < -0.39 is 5.60 Å². The van der Waals surface area contributed by atoms with Crippen molar-refractivity contribution in [1.82, 2.24) is 5.32 Å². The first kappa shape index (κ1) is 17.7. The van der Waals surface area contributed by atoms with Gasteiger partial charge in [0, 0.05) is 6.54 Å². The summed E-state index contributed by atoms with van der Waals surface area (Å²) in [6.07, 6.45) is 2.61. The summed E-state index contributed by atoms with van der Waals surface area (Å²) >= 11 is 1.66. The van der Waals surface area contributed by atoms with Gasteiger partial charge in [-0.15, -0.1) is 0 Å². The fraction of sp³-hybridized carbons (Fsp3) is 0.533. The molecule has 1 atom stereocenters. The number of rotatable bonds is 9. The molecule has 1 aromatic rings. The molecule has 0 heterocycles. The molecule has 1 aromatic carbocycles. The number of benzene rings is 1. The van der Waals surface area contributed by atoms with E-state index in [4.69, 9.17) is 9.47 Å². The minimum atomic E-state index is -0.900. The van der Waals surface area contributed by atoms with Crippen LogP contribution in [0.1, 0.15) is 13.3 Å². The number of hydrogen-bond acceptors (Lipinski definition) is 5. The maximum atomic E-state index is 11.7. The molecule has 2 N–H and O–H groups in total. The molecule has 0 aliphatic rings. The van der Waals surface area contributed by atoms with Crippen LogP contribution in [0.5, 0.6) is 11.5 Å². The highest BCUT2D eigenvalue weighted by molar-refractivity contribution is 7.98. The van der Waals surface area contributed by atoms with Crippen molar-refractivity contribution in [2.45, 2.75) is 18.9 Å². The Kier molecular flexibility index (Phi) is 7.39. The molecule has 0 saturated heterocycles. The molecule has 0 spiro atoms. The summed E-state index contributed by atoms with van der Waals surface area (Å²) < 4.78 is 10.6. The van der Waals surface area contributed by atoms with Crippen LogP contribution < -0.4 is 14.8 Å². The van der Waals surface area contributed by atoms with Gasteiger partial charge in [0.15, 0.2) is 18.1 Å². The quantitative estimate of drug-likeness (QED) is 0.726. The van der Waals surface area contributed by atoms with E-state index in [9.17, 15) is 9.90 Å². The second-order valence-corrected chi connectivity index (χ2v) is 5.94. The lowest BCUT2D eigenvalue weighted by atomic mass is 10.0. The van der Waals surface area contributed by atoms with E-state index in [0.717, 1.165) is 5.75 Å². The Morgan fingerprint density at radius 1 is 1.38 bits per heavy atom. The van der Waals surface area contributed by atoms with E-state index >= 15 is 0 Å². The van der Waals surface area contributed by atoms with Gasteiger partial charge in [-0.2, -0.15) is 11.8 Å².